The van der Waals surface area contributed by atoms with Crippen LogP contribution in [0.4, 0.5) is 5.95 Å². The molecule has 0 aliphatic carbocycles. The number of aryl methyl sites for hydroxylation is 2. The minimum Gasteiger partial charge on any atom is -0.354 e. The lowest BCUT2D eigenvalue weighted by molar-refractivity contribution is 0.849. The lowest BCUT2D eigenvalue weighted by Crippen LogP contribution is -2.06. The highest BCUT2D eigenvalue weighted by Crippen LogP contribution is 2.12. The number of fused-ring (bicyclic) bond motifs is 1. The minimum atomic E-state index is 0.688. The maximum absolute atomic E-state index is 4.49. The molecule has 0 unspecified atom stereocenters. The highest BCUT2D eigenvalue weighted by atomic mass is 15.1. The Morgan fingerprint density at radius 1 is 1.20 bits per heavy atom. The fraction of sp³-hybridized carbons (Fsp3) is 0.267. The number of para-hydroxylation sites is 1. The molecule has 0 atom stereocenters. The lowest BCUT2D eigenvalue weighted by Gasteiger charge is -2.05. The number of benzene rings is 1. The smallest absolute Gasteiger partial charge is 0.223 e. The third-order valence-electron chi connectivity index (χ3n) is 3.33. The van der Waals surface area contributed by atoms with E-state index in [0.717, 1.165) is 36.0 Å². The van der Waals surface area contributed by atoms with Crippen LogP contribution in [0.2, 0.25) is 0 Å². The number of hydrogen-bond donors (Lipinski definition) is 2. The molecule has 2 heterocycles. The van der Waals surface area contributed by atoms with Gasteiger partial charge in [0.05, 0.1) is 11.7 Å². The van der Waals surface area contributed by atoms with Gasteiger partial charge < -0.3 is 5.32 Å². The number of nitrogens with one attached hydrogen (secondary N) is 2. The largest absolute Gasteiger partial charge is 0.354 e. The number of aromatic nitrogens is 4. The van der Waals surface area contributed by atoms with Gasteiger partial charge in [-0.15, -0.1) is 0 Å². The van der Waals surface area contributed by atoms with Crippen molar-refractivity contribution in [2.24, 2.45) is 0 Å². The summed E-state index contributed by atoms with van der Waals surface area (Å²) in [6, 6.07) is 7.99. The zero-order chi connectivity index (χ0) is 13.8. The quantitative estimate of drug-likeness (QED) is 0.697. The molecular formula is C15H17N5. The zero-order valence-corrected chi connectivity index (χ0v) is 11.4. The molecule has 3 aromatic rings. The Kier molecular flexibility index (Phi) is 3.58. The summed E-state index contributed by atoms with van der Waals surface area (Å²) in [5, 5.41) is 11.3. The van der Waals surface area contributed by atoms with E-state index in [1.54, 1.807) is 0 Å². The maximum atomic E-state index is 4.49. The van der Waals surface area contributed by atoms with Crippen LogP contribution < -0.4 is 5.32 Å². The van der Waals surface area contributed by atoms with Gasteiger partial charge >= 0.3 is 0 Å². The van der Waals surface area contributed by atoms with Crippen LogP contribution in [-0.2, 0) is 6.42 Å². The molecule has 1 aromatic carbocycles. The summed E-state index contributed by atoms with van der Waals surface area (Å²) in [6.45, 7) is 2.89. The number of aromatic amines is 1. The highest BCUT2D eigenvalue weighted by molar-refractivity contribution is 5.78. The second kappa shape index (κ2) is 5.69. The van der Waals surface area contributed by atoms with Crippen LogP contribution in [0.5, 0.6) is 0 Å². The lowest BCUT2D eigenvalue weighted by atomic mass is 10.1. The molecule has 20 heavy (non-hydrogen) atoms. The fourth-order valence-corrected chi connectivity index (χ4v) is 2.16. The molecule has 102 valence electrons. The summed E-state index contributed by atoms with van der Waals surface area (Å²) in [6.07, 6.45) is 5.77. The standard InChI is InChI=1S/C15H17N5/c1-11-12(10-18-20-11)6-4-8-16-15-17-9-13-5-2-3-7-14(13)19-15/h2-3,5,7,9-10H,4,6,8H2,1H3,(H,18,20)(H,16,17,19). The number of H-pyrrole nitrogens is 1. The van der Waals surface area contributed by atoms with Crippen molar-refractivity contribution in [2.45, 2.75) is 19.8 Å². The molecule has 0 aliphatic rings. The Morgan fingerprint density at radius 2 is 2.10 bits per heavy atom. The molecule has 0 radical (unpaired) electrons. The summed E-state index contributed by atoms with van der Waals surface area (Å²) in [5.74, 6) is 0.688. The van der Waals surface area contributed by atoms with Crippen LogP contribution >= 0.6 is 0 Å². The van der Waals surface area contributed by atoms with E-state index in [2.05, 4.69) is 25.5 Å². The molecule has 0 spiro atoms. The SMILES string of the molecule is Cc1[nH]ncc1CCCNc1ncc2ccccc2n1. The van der Waals surface area contributed by atoms with Crippen molar-refractivity contribution in [2.75, 3.05) is 11.9 Å². The number of anilines is 1. The van der Waals surface area contributed by atoms with Gasteiger partial charge in [-0.25, -0.2) is 9.97 Å². The van der Waals surface area contributed by atoms with Crippen LogP contribution in [0, 0.1) is 6.92 Å². The van der Waals surface area contributed by atoms with E-state index in [0.29, 0.717) is 5.95 Å². The van der Waals surface area contributed by atoms with E-state index in [-0.39, 0.29) is 0 Å². The molecule has 3 rings (SSSR count). The monoisotopic (exact) mass is 267 g/mol. The Bertz CT molecular complexity index is 704. The van der Waals surface area contributed by atoms with Crippen molar-refractivity contribution in [1.29, 1.82) is 0 Å². The number of nitrogens with zero attached hydrogens (tertiary/aromatic N) is 3. The van der Waals surface area contributed by atoms with Crippen molar-refractivity contribution >= 4 is 16.9 Å². The van der Waals surface area contributed by atoms with Crippen LogP contribution in [0.1, 0.15) is 17.7 Å². The van der Waals surface area contributed by atoms with Gasteiger partial charge in [0.2, 0.25) is 5.95 Å². The van der Waals surface area contributed by atoms with Crippen molar-refractivity contribution in [3.63, 3.8) is 0 Å². The van der Waals surface area contributed by atoms with Crippen LogP contribution in [-0.4, -0.2) is 26.7 Å². The molecule has 0 amide bonds. The van der Waals surface area contributed by atoms with E-state index in [1.807, 2.05) is 43.6 Å². The van der Waals surface area contributed by atoms with E-state index in [1.165, 1.54) is 5.56 Å². The molecule has 0 fully saturated rings. The summed E-state index contributed by atoms with van der Waals surface area (Å²) >= 11 is 0. The Labute approximate surface area is 117 Å². The van der Waals surface area contributed by atoms with Gasteiger partial charge in [-0.3, -0.25) is 5.10 Å². The Balaban J connectivity index is 1.56. The highest BCUT2D eigenvalue weighted by Gasteiger charge is 2.01. The Hall–Kier alpha value is -2.43. The molecule has 2 N–H and O–H groups in total. The van der Waals surface area contributed by atoms with Crippen molar-refractivity contribution in [3.8, 4) is 0 Å². The first-order valence-electron chi connectivity index (χ1n) is 6.77. The van der Waals surface area contributed by atoms with Crippen LogP contribution in [0.3, 0.4) is 0 Å². The topological polar surface area (TPSA) is 66.5 Å². The normalized spacial score (nSPS) is 10.8. The maximum Gasteiger partial charge on any atom is 0.223 e. The molecular weight excluding hydrogens is 250 g/mol. The summed E-state index contributed by atoms with van der Waals surface area (Å²) < 4.78 is 0. The summed E-state index contributed by atoms with van der Waals surface area (Å²) in [5.41, 5.74) is 3.38. The van der Waals surface area contributed by atoms with E-state index in [9.17, 15) is 0 Å². The van der Waals surface area contributed by atoms with Crippen molar-refractivity contribution in [1.82, 2.24) is 20.2 Å². The van der Waals surface area contributed by atoms with Crippen molar-refractivity contribution < 1.29 is 0 Å². The number of rotatable bonds is 5. The third kappa shape index (κ3) is 2.77. The minimum absolute atomic E-state index is 0.688. The van der Waals surface area contributed by atoms with Gasteiger partial charge in [-0.2, -0.15) is 5.10 Å². The zero-order valence-electron chi connectivity index (χ0n) is 11.4. The molecule has 0 bridgehead atoms. The molecule has 0 aliphatic heterocycles. The average Bonchev–Trinajstić information content (AvgIpc) is 2.89. The predicted octanol–water partition coefficient (Wildman–Crippen LogP) is 2.71. The van der Waals surface area contributed by atoms with Gasteiger partial charge in [0.25, 0.3) is 0 Å². The van der Waals surface area contributed by atoms with Gasteiger partial charge in [0, 0.05) is 23.8 Å². The molecule has 5 heteroatoms. The van der Waals surface area contributed by atoms with Gasteiger partial charge in [0.15, 0.2) is 0 Å². The first kappa shape index (κ1) is 12.6. The first-order valence-corrected chi connectivity index (χ1v) is 6.77. The van der Waals surface area contributed by atoms with Gasteiger partial charge in [-0.05, 0) is 31.4 Å². The van der Waals surface area contributed by atoms with Gasteiger partial charge in [0.1, 0.15) is 0 Å². The van der Waals surface area contributed by atoms with E-state index < -0.39 is 0 Å². The van der Waals surface area contributed by atoms with Crippen molar-refractivity contribution in [3.05, 3.63) is 47.9 Å². The Morgan fingerprint density at radius 3 is 2.95 bits per heavy atom. The molecule has 0 saturated heterocycles. The number of hydrogen-bond acceptors (Lipinski definition) is 4. The summed E-state index contributed by atoms with van der Waals surface area (Å²) in [4.78, 5) is 8.80. The van der Waals surface area contributed by atoms with E-state index in [4.69, 9.17) is 0 Å². The fourth-order valence-electron chi connectivity index (χ4n) is 2.16. The molecule has 5 nitrogen and oxygen atoms in total. The third-order valence-corrected chi connectivity index (χ3v) is 3.33. The second-order valence-electron chi connectivity index (χ2n) is 4.80. The first-order chi connectivity index (χ1) is 9.83. The second-order valence-corrected chi connectivity index (χ2v) is 4.80. The summed E-state index contributed by atoms with van der Waals surface area (Å²) in [7, 11) is 0. The molecule has 2 aromatic heterocycles. The van der Waals surface area contributed by atoms with Crippen LogP contribution in [0.25, 0.3) is 10.9 Å². The van der Waals surface area contributed by atoms with Crippen LogP contribution in [0.15, 0.2) is 36.7 Å². The predicted molar refractivity (Wildman–Crippen MR) is 79.7 cm³/mol. The van der Waals surface area contributed by atoms with E-state index >= 15 is 0 Å². The molecule has 0 saturated carbocycles. The average molecular weight is 267 g/mol. The van der Waals surface area contributed by atoms with Gasteiger partial charge in [-0.1, -0.05) is 18.2 Å².